The monoisotopic (exact) mass is 783 g/mol. The van der Waals surface area contributed by atoms with Gasteiger partial charge in [0, 0.05) is 58.2 Å². The minimum Gasteiger partial charge on any atom is -0.456 e. The summed E-state index contributed by atoms with van der Waals surface area (Å²) in [4.78, 5) is 2.45. The molecule has 0 saturated heterocycles. The van der Waals surface area contributed by atoms with Crippen molar-refractivity contribution >= 4 is 114 Å². The summed E-state index contributed by atoms with van der Waals surface area (Å²) >= 11 is 1.85. The molecule has 10 aromatic carbocycles. The van der Waals surface area contributed by atoms with Gasteiger partial charge in [-0.25, -0.2) is 0 Å². The lowest BCUT2D eigenvalue weighted by molar-refractivity contribution is 0.669. The van der Waals surface area contributed by atoms with Gasteiger partial charge in [-0.1, -0.05) is 127 Å². The average Bonchev–Trinajstić information content (AvgIpc) is 4.00. The first kappa shape index (κ1) is 33.3. The summed E-state index contributed by atoms with van der Waals surface area (Å²) in [7, 11) is 0. The molecule has 0 N–H and O–H groups in total. The quantitative estimate of drug-likeness (QED) is 0.174. The topological polar surface area (TPSA) is 29.5 Å². The number of thiophene rings is 1. The molecule has 3 heterocycles. The molecule has 0 radical (unpaired) electrons. The fourth-order valence-corrected chi connectivity index (χ4v) is 10.6. The van der Waals surface area contributed by atoms with Crippen molar-refractivity contribution in [3.8, 4) is 22.3 Å². The lowest BCUT2D eigenvalue weighted by atomic mass is 9.95. The van der Waals surface area contributed by atoms with Crippen LogP contribution in [0.4, 0.5) is 17.1 Å². The van der Waals surface area contributed by atoms with E-state index in [0.29, 0.717) is 0 Å². The molecule has 0 fully saturated rings. The van der Waals surface area contributed by atoms with Gasteiger partial charge in [0.05, 0.1) is 11.4 Å². The first-order chi connectivity index (χ1) is 29.7. The standard InChI is InChI=1S/C56H33NO2S/c1-2-11-34(12-3-1)39-26-27-48(41-15-5-4-14-40(39)41)57(38-24-30-54-47(33-38)43-17-7-9-20-53(43)60-54)49-18-10-13-35-21-25-44-46-32-37(23-29-52(46)59-56(44)55(35)49)36-22-28-51-45(31-36)42-16-6-8-19-50(42)58-51/h1-33H. The Kier molecular flexibility index (Phi) is 7.18. The SMILES string of the molecule is c1ccc(-c2ccc(N(c3ccc4sc5ccccc5c4c3)c3cccc4ccc5c6cc(-c7ccc8oc9ccccc9c8c7)ccc6oc5c34)c3ccccc23)cc1. The van der Waals surface area contributed by atoms with E-state index in [9.17, 15) is 0 Å². The fourth-order valence-electron chi connectivity index (χ4n) is 9.46. The van der Waals surface area contributed by atoms with Crippen molar-refractivity contribution in [3.63, 3.8) is 0 Å². The van der Waals surface area contributed by atoms with E-state index in [2.05, 4.69) is 193 Å². The predicted molar refractivity (Wildman–Crippen MR) is 254 cm³/mol. The van der Waals surface area contributed by atoms with Crippen LogP contribution < -0.4 is 4.90 Å². The third kappa shape index (κ3) is 5.01. The highest BCUT2D eigenvalue weighted by molar-refractivity contribution is 7.25. The second-order valence-electron chi connectivity index (χ2n) is 15.6. The van der Waals surface area contributed by atoms with Gasteiger partial charge in [0.2, 0.25) is 0 Å². The van der Waals surface area contributed by atoms with Crippen molar-refractivity contribution in [1.82, 2.24) is 0 Å². The van der Waals surface area contributed by atoms with Crippen molar-refractivity contribution in [2.45, 2.75) is 0 Å². The third-order valence-electron chi connectivity index (χ3n) is 12.3. The van der Waals surface area contributed by atoms with Crippen LogP contribution in [0.2, 0.25) is 0 Å². The van der Waals surface area contributed by atoms with E-state index < -0.39 is 0 Å². The zero-order valence-corrected chi connectivity index (χ0v) is 33.0. The van der Waals surface area contributed by atoms with E-state index in [0.717, 1.165) is 82.8 Å². The minimum atomic E-state index is 0.862. The molecule has 0 atom stereocenters. The summed E-state index contributed by atoms with van der Waals surface area (Å²) in [5.74, 6) is 0. The van der Waals surface area contributed by atoms with Crippen LogP contribution in [0.15, 0.2) is 209 Å². The second kappa shape index (κ2) is 12.9. The Morgan fingerprint density at radius 1 is 0.350 bits per heavy atom. The maximum Gasteiger partial charge on any atom is 0.145 e. The number of fused-ring (bicyclic) bond motifs is 12. The van der Waals surface area contributed by atoms with Crippen molar-refractivity contribution in [1.29, 1.82) is 0 Å². The zero-order valence-electron chi connectivity index (χ0n) is 32.2. The maximum absolute atomic E-state index is 6.97. The lowest BCUT2D eigenvalue weighted by Crippen LogP contribution is -2.11. The molecule has 0 unspecified atom stereocenters. The molecular weight excluding hydrogens is 751 g/mol. The Labute approximate surface area is 348 Å². The highest BCUT2D eigenvalue weighted by atomic mass is 32.1. The molecule has 3 aromatic heterocycles. The zero-order chi connectivity index (χ0) is 39.3. The lowest BCUT2D eigenvalue weighted by Gasteiger charge is -2.29. The van der Waals surface area contributed by atoms with Crippen LogP contribution in [0.1, 0.15) is 0 Å². The molecule has 0 aliphatic heterocycles. The van der Waals surface area contributed by atoms with Gasteiger partial charge in [0.15, 0.2) is 0 Å². The summed E-state index contributed by atoms with van der Waals surface area (Å²) < 4.78 is 15.7. The van der Waals surface area contributed by atoms with Gasteiger partial charge in [-0.05, 0) is 106 Å². The molecule has 0 amide bonds. The van der Waals surface area contributed by atoms with E-state index in [1.165, 1.54) is 42.1 Å². The highest BCUT2D eigenvalue weighted by Gasteiger charge is 2.23. The van der Waals surface area contributed by atoms with Gasteiger partial charge in [-0.2, -0.15) is 0 Å². The largest absolute Gasteiger partial charge is 0.456 e. The highest BCUT2D eigenvalue weighted by Crippen LogP contribution is 2.48. The van der Waals surface area contributed by atoms with Gasteiger partial charge in [-0.15, -0.1) is 11.3 Å². The number of furan rings is 2. The summed E-state index contributed by atoms with van der Waals surface area (Å²) in [6, 6.07) is 72.2. The molecule has 60 heavy (non-hydrogen) atoms. The number of rotatable bonds is 5. The Morgan fingerprint density at radius 2 is 1.03 bits per heavy atom. The van der Waals surface area contributed by atoms with Crippen molar-refractivity contribution < 1.29 is 8.83 Å². The first-order valence-corrected chi connectivity index (χ1v) is 21.1. The molecule has 3 nitrogen and oxygen atoms in total. The van der Waals surface area contributed by atoms with Crippen LogP contribution >= 0.6 is 11.3 Å². The van der Waals surface area contributed by atoms with Crippen LogP contribution in [-0.2, 0) is 0 Å². The van der Waals surface area contributed by atoms with Crippen molar-refractivity contribution in [2.75, 3.05) is 4.90 Å². The number of anilines is 3. The van der Waals surface area contributed by atoms with Gasteiger partial charge >= 0.3 is 0 Å². The molecule has 0 saturated carbocycles. The maximum atomic E-state index is 6.97. The van der Waals surface area contributed by atoms with E-state index in [4.69, 9.17) is 8.83 Å². The molecule has 0 aliphatic carbocycles. The normalized spacial score (nSPS) is 12.0. The van der Waals surface area contributed by atoms with Gasteiger partial charge in [0.1, 0.15) is 22.3 Å². The molecule has 13 aromatic rings. The third-order valence-corrected chi connectivity index (χ3v) is 13.4. The molecule has 0 bridgehead atoms. The number of hydrogen-bond donors (Lipinski definition) is 0. The number of hydrogen-bond acceptors (Lipinski definition) is 4. The van der Waals surface area contributed by atoms with Crippen LogP contribution in [0.3, 0.4) is 0 Å². The Hall–Kier alpha value is -7.66. The minimum absolute atomic E-state index is 0.862. The molecule has 0 aliphatic rings. The molecule has 4 heteroatoms. The second-order valence-corrected chi connectivity index (χ2v) is 16.7. The summed E-state index contributed by atoms with van der Waals surface area (Å²) in [5.41, 5.74) is 11.5. The Morgan fingerprint density at radius 3 is 1.88 bits per heavy atom. The van der Waals surface area contributed by atoms with E-state index in [1.54, 1.807) is 0 Å². The van der Waals surface area contributed by atoms with Crippen LogP contribution in [0, 0.1) is 0 Å². The molecule has 280 valence electrons. The van der Waals surface area contributed by atoms with E-state index in [-0.39, 0.29) is 0 Å². The molecular formula is C56H33NO2S. The number of nitrogens with zero attached hydrogens (tertiary/aromatic N) is 1. The molecule has 13 rings (SSSR count). The van der Waals surface area contributed by atoms with Crippen LogP contribution in [0.5, 0.6) is 0 Å². The average molecular weight is 784 g/mol. The fraction of sp³-hybridized carbons (Fsp3) is 0. The van der Waals surface area contributed by atoms with Gasteiger partial charge in [0.25, 0.3) is 0 Å². The van der Waals surface area contributed by atoms with Gasteiger partial charge < -0.3 is 13.7 Å². The van der Waals surface area contributed by atoms with Crippen LogP contribution in [-0.4, -0.2) is 0 Å². The van der Waals surface area contributed by atoms with Gasteiger partial charge in [-0.3, -0.25) is 0 Å². The smallest absolute Gasteiger partial charge is 0.145 e. The van der Waals surface area contributed by atoms with E-state index in [1.807, 2.05) is 23.5 Å². The number of para-hydroxylation sites is 1. The Balaban J connectivity index is 1.06. The van der Waals surface area contributed by atoms with Crippen LogP contribution in [0.25, 0.3) is 108 Å². The molecule has 0 spiro atoms. The number of benzene rings is 10. The summed E-state index contributed by atoms with van der Waals surface area (Å²) in [6.45, 7) is 0. The van der Waals surface area contributed by atoms with E-state index >= 15 is 0 Å². The van der Waals surface area contributed by atoms with Crippen molar-refractivity contribution in [2.24, 2.45) is 0 Å². The predicted octanol–water partition coefficient (Wildman–Crippen LogP) is 17.0. The summed E-state index contributed by atoms with van der Waals surface area (Å²) in [6.07, 6.45) is 0. The van der Waals surface area contributed by atoms with Crippen molar-refractivity contribution in [3.05, 3.63) is 200 Å². The first-order valence-electron chi connectivity index (χ1n) is 20.3. The Bertz CT molecular complexity index is 3850. The summed E-state index contributed by atoms with van der Waals surface area (Å²) in [5, 5.41) is 11.5.